The molecule has 154 valence electrons. The van der Waals surface area contributed by atoms with Gasteiger partial charge in [0.05, 0.1) is 5.39 Å². The smallest absolute Gasteiger partial charge is 0.259 e. The van der Waals surface area contributed by atoms with Crippen molar-refractivity contribution in [2.45, 2.75) is 26.2 Å². The van der Waals surface area contributed by atoms with Gasteiger partial charge in [-0.25, -0.2) is 9.37 Å². The highest BCUT2D eigenvalue weighted by molar-refractivity contribution is 5.85. The summed E-state index contributed by atoms with van der Waals surface area (Å²) >= 11 is 0. The number of hydrogen-bond acceptors (Lipinski definition) is 3. The van der Waals surface area contributed by atoms with Crippen LogP contribution in [0.5, 0.6) is 0 Å². The number of rotatable bonds is 4. The molecule has 5 nitrogen and oxygen atoms in total. The number of fused-ring (bicyclic) bond motifs is 1. The highest BCUT2D eigenvalue weighted by Gasteiger charge is 2.18. The highest BCUT2D eigenvalue weighted by Crippen LogP contribution is 2.23. The third kappa shape index (κ3) is 4.01. The van der Waals surface area contributed by atoms with E-state index in [1.165, 1.54) is 18.3 Å². The van der Waals surface area contributed by atoms with Gasteiger partial charge in [0.25, 0.3) is 5.56 Å². The summed E-state index contributed by atoms with van der Waals surface area (Å²) in [6.45, 7) is 2.83. The first kappa shape index (κ1) is 19.9. The molecule has 1 amide bonds. The predicted octanol–water partition coefficient (Wildman–Crippen LogP) is 3.76. The maximum absolute atomic E-state index is 14.0. The Hall–Kier alpha value is -3.35. The Morgan fingerprint density at radius 2 is 2.07 bits per heavy atom. The predicted molar refractivity (Wildman–Crippen MR) is 111 cm³/mol. The molecule has 1 aliphatic rings. The number of carbonyl (C=O) groups excluding carboxylic acids is 1. The molecule has 0 unspecified atom stereocenters. The third-order valence-corrected chi connectivity index (χ3v) is 5.50. The van der Waals surface area contributed by atoms with E-state index in [1.54, 1.807) is 23.1 Å². The molecule has 3 aromatic rings. The van der Waals surface area contributed by atoms with E-state index in [0.29, 0.717) is 37.0 Å². The number of H-pyrrole nitrogens is 1. The van der Waals surface area contributed by atoms with Crippen LogP contribution in [0.2, 0.25) is 0 Å². The van der Waals surface area contributed by atoms with E-state index >= 15 is 0 Å². The Bertz CT molecular complexity index is 1220. The van der Waals surface area contributed by atoms with Crippen molar-refractivity contribution in [1.82, 2.24) is 14.9 Å². The topological polar surface area (TPSA) is 66.1 Å². The van der Waals surface area contributed by atoms with Gasteiger partial charge < -0.3 is 9.88 Å². The van der Waals surface area contributed by atoms with E-state index in [2.05, 4.69) is 9.97 Å². The molecule has 0 saturated carbocycles. The number of benzene rings is 1. The monoisotopic (exact) mass is 409 g/mol. The number of halogens is 2. The zero-order valence-corrected chi connectivity index (χ0v) is 16.5. The number of aromatic nitrogens is 2. The molecule has 0 fully saturated rings. The van der Waals surface area contributed by atoms with Crippen LogP contribution in [0.3, 0.4) is 0 Å². The van der Waals surface area contributed by atoms with E-state index in [4.69, 9.17) is 0 Å². The summed E-state index contributed by atoms with van der Waals surface area (Å²) in [5.41, 5.74) is 2.72. The first-order valence-corrected chi connectivity index (χ1v) is 9.82. The number of hydrogen-bond donors (Lipinski definition) is 1. The van der Waals surface area contributed by atoms with Crippen molar-refractivity contribution >= 4 is 22.3 Å². The summed E-state index contributed by atoms with van der Waals surface area (Å²) in [6, 6.07) is 7.82. The molecule has 4 rings (SSSR count). The summed E-state index contributed by atoms with van der Waals surface area (Å²) in [5, 5.41) is 0.614. The van der Waals surface area contributed by atoms with E-state index < -0.39 is 17.3 Å². The minimum Gasteiger partial charge on any atom is -0.339 e. The number of carbonyl (C=O) groups is 1. The molecule has 0 bridgehead atoms. The van der Waals surface area contributed by atoms with Crippen molar-refractivity contribution in [1.29, 1.82) is 0 Å². The van der Waals surface area contributed by atoms with E-state index in [9.17, 15) is 18.4 Å². The van der Waals surface area contributed by atoms with E-state index in [1.807, 2.05) is 13.0 Å². The molecule has 2 aromatic heterocycles. The minimum absolute atomic E-state index is 0.0249. The highest BCUT2D eigenvalue weighted by atomic mass is 19.1. The summed E-state index contributed by atoms with van der Waals surface area (Å²) in [4.78, 5) is 32.9. The molecular weight excluding hydrogens is 388 g/mol. The summed E-state index contributed by atoms with van der Waals surface area (Å²) in [5.74, 6) is -1.10. The molecule has 30 heavy (non-hydrogen) atoms. The largest absolute Gasteiger partial charge is 0.339 e. The molecule has 0 atom stereocenters. The number of amides is 1. The zero-order valence-electron chi connectivity index (χ0n) is 16.5. The van der Waals surface area contributed by atoms with Gasteiger partial charge >= 0.3 is 0 Å². The number of nitrogens with one attached hydrogen (secondary N) is 1. The Labute approximate surface area is 172 Å². The van der Waals surface area contributed by atoms with Gasteiger partial charge in [0.15, 0.2) is 0 Å². The van der Waals surface area contributed by atoms with Gasteiger partial charge in [0.2, 0.25) is 11.9 Å². The van der Waals surface area contributed by atoms with Crippen LogP contribution in [0.1, 0.15) is 29.7 Å². The molecule has 3 heterocycles. The van der Waals surface area contributed by atoms with Gasteiger partial charge in [0.1, 0.15) is 5.82 Å². The molecule has 7 heteroatoms. The van der Waals surface area contributed by atoms with Gasteiger partial charge in [-0.3, -0.25) is 9.59 Å². The molecule has 1 N–H and O–H groups in total. The summed E-state index contributed by atoms with van der Waals surface area (Å²) in [6.07, 6.45) is 4.60. The van der Waals surface area contributed by atoms with Crippen LogP contribution < -0.4 is 5.56 Å². The van der Waals surface area contributed by atoms with Gasteiger partial charge in [-0.15, -0.1) is 0 Å². The zero-order chi connectivity index (χ0) is 21.3. The van der Waals surface area contributed by atoms with Gasteiger partial charge in [-0.1, -0.05) is 12.1 Å². The normalized spacial score (nSPS) is 14.1. The fourth-order valence-corrected chi connectivity index (χ4v) is 3.83. The molecule has 1 aromatic carbocycles. The van der Waals surface area contributed by atoms with Gasteiger partial charge in [-0.05, 0) is 60.1 Å². The second kappa shape index (κ2) is 8.18. The second-order valence-electron chi connectivity index (χ2n) is 7.46. The first-order valence-electron chi connectivity index (χ1n) is 9.82. The standard InChI is InChI=1S/C23H21F2N3O2/c1-14-2-4-19(24)22-18(14)13-17(27-23(22)30)3-5-21(29)28-10-7-15(8-11-28)16-6-9-26-20(25)12-16/h2,4,6-7,9,12-13H,3,5,8,10-11H2,1H3,(H,27,30). The number of pyridine rings is 2. The average molecular weight is 409 g/mol. The average Bonchev–Trinajstić information content (AvgIpc) is 2.74. The first-order chi connectivity index (χ1) is 14.4. The van der Waals surface area contributed by atoms with Crippen molar-refractivity contribution in [2.24, 2.45) is 0 Å². The molecule has 0 saturated heterocycles. The van der Waals surface area contributed by atoms with Crippen LogP contribution in [0.25, 0.3) is 16.3 Å². The minimum atomic E-state index is -0.551. The van der Waals surface area contributed by atoms with Gasteiger partial charge in [-0.2, -0.15) is 4.39 Å². The van der Waals surface area contributed by atoms with Crippen molar-refractivity contribution in [3.05, 3.63) is 81.5 Å². The Balaban J connectivity index is 1.43. The fourth-order valence-electron chi connectivity index (χ4n) is 3.83. The van der Waals surface area contributed by atoms with Gasteiger partial charge in [0, 0.05) is 37.5 Å². The Morgan fingerprint density at radius 1 is 1.23 bits per heavy atom. The molecule has 0 radical (unpaired) electrons. The number of nitrogens with zero attached hydrogens (tertiary/aromatic N) is 2. The van der Waals surface area contributed by atoms with Crippen LogP contribution in [0.4, 0.5) is 8.78 Å². The maximum Gasteiger partial charge on any atom is 0.259 e. The lowest BCUT2D eigenvalue weighted by Gasteiger charge is -2.26. The van der Waals surface area contributed by atoms with E-state index in [-0.39, 0.29) is 17.7 Å². The summed E-state index contributed by atoms with van der Waals surface area (Å²) < 4.78 is 27.3. The molecule has 0 spiro atoms. The fraction of sp³-hybridized carbons (Fsp3) is 0.261. The Kier molecular flexibility index (Phi) is 5.44. The van der Waals surface area contributed by atoms with Crippen LogP contribution in [0, 0.1) is 18.7 Å². The lowest BCUT2D eigenvalue weighted by atomic mass is 10.00. The maximum atomic E-state index is 14.0. The quantitative estimate of drug-likeness (QED) is 0.668. The van der Waals surface area contributed by atoms with Crippen LogP contribution in [0.15, 0.2) is 47.4 Å². The molecular formula is C23H21F2N3O2. The van der Waals surface area contributed by atoms with Crippen LogP contribution >= 0.6 is 0 Å². The van der Waals surface area contributed by atoms with E-state index in [0.717, 1.165) is 16.7 Å². The summed E-state index contributed by atoms with van der Waals surface area (Å²) in [7, 11) is 0. The van der Waals surface area contributed by atoms with Crippen molar-refractivity contribution in [3.63, 3.8) is 0 Å². The van der Waals surface area contributed by atoms with Crippen LogP contribution in [-0.2, 0) is 11.2 Å². The van der Waals surface area contributed by atoms with Crippen LogP contribution in [-0.4, -0.2) is 33.9 Å². The third-order valence-electron chi connectivity index (χ3n) is 5.50. The Morgan fingerprint density at radius 3 is 2.80 bits per heavy atom. The van der Waals surface area contributed by atoms with Crippen molar-refractivity contribution in [3.8, 4) is 0 Å². The van der Waals surface area contributed by atoms with Crippen molar-refractivity contribution < 1.29 is 13.6 Å². The molecule has 0 aliphatic carbocycles. The SMILES string of the molecule is Cc1ccc(F)c2c(=O)[nH]c(CCC(=O)N3CC=C(c4ccnc(F)c4)CC3)cc12. The second-order valence-corrected chi connectivity index (χ2v) is 7.46. The lowest BCUT2D eigenvalue weighted by molar-refractivity contribution is -0.130. The van der Waals surface area contributed by atoms with Crippen molar-refractivity contribution in [2.75, 3.05) is 13.1 Å². The number of aromatic amines is 1. The lowest BCUT2D eigenvalue weighted by Crippen LogP contribution is -2.34. The molecule has 1 aliphatic heterocycles. The number of aryl methyl sites for hydroxylation is 2.